The summed E-state index contributed by atoms with van der Waals surface area (Å²) in [7, 11) is 0. The number of rotatable bonds is 3. The topological polar surface area (TPSA) is 96.7 Å². The number of amides is 1. The SMILES string of the molecule is NC12CC3CC(CC(C3)C1NC(=O)c1ccnc3[nH]c(-c4cccs4)nc13)C2. The predicted octanol–water partition coefficient (Wildman–Crippen LogP) is 3.32. The van der Waals surface area contributed by atoms with Gasteiger partial charge < -0.3 is 16.0 Å². The summed E-state index contributed by atoms with van der Waals surface area (Å²) in [5, 5.41) is 5.32. The predicted molar refractivity (Wildman–Crippen MR) is 109 cm³/mol. The summed E-state index contributed by atoms with van der Waals surface area (Å²) in [6.45, 7) is 0. The molecule has 4 N–H and O–H groups in total. The Labute approximate surface area is 167 Å². The van der Waals surface area contributed by atoms with Crippen molar-refractivity contribution in [1.29, 1.82) is 0 Å². The Hall–Kier alpha value is -2.25. The lowest BCUT2D eigenvalue weighted by Gasteiger charge is -2.59. The summed E-state index contributed by atoms with van der Waals surface area (Å²) in [6, 6.07) is 5.82. The van der Waals surface area contributed by atoms with Gasteiger partial charge in [-0.05, 0) is 67.4 Å². The Morgan fingerprint density at radius 3 is 2.79 bits per heavy atom. The highest BCUT2D eigenvalue weighted by Crippen LogP contribution is 2.54. The highest BCUT2D eigenvalue weighted by atomic mass is 32.1. The summed E-state index contributed by atoms with van der Waals surface area (Å²) >= 11 is 1.61. The molecular weight excluding hydrogens is 370 g/mol. The summed E-state index contributed by atoms with van der Waals surface area (Å²) in [6.07, 6.45) is 7.50. The average Bonchev–Trinajstić information content (AvgIpc) is 3.32. The number of H-pyrrole nitrogens is 1. The molecule has 3 atom stereocenters. The van der Waals surface area contributed by atoms with E-state index >= 15 is 0 Å². The first-order chi connectivity index (χ1) is 13.6. The minimum absolute atomic E-state index is 0.0618. The van der Waals surface area contributed by atoms with Gasteiger partial charge >= 0.3 is 0 Å². The second-order valence-electron chi connectivity index (χ2n) is 8.91. The number of pyridine rings is 1. The van der Waals surface area contributed by atoms with Crippen LogP contribution in [0.3, 0.4) is 0 Å². The van der Waals surface area contributed by atoms with Crippen LogP contribution in [-0.2, 0) is 0 Å². The summed E-state index contributed by atoms with van der Waals surface area (Å²) in [5.74, 6) is 2.69. The Bertz CT molecular complexity index is 1040. The Morgan fingerprint density at radius 2 is 2.07 bits per heavy atom. The Morgan fingerprint density at radius 1 is 1.25 bits per heavy atom. The fourth-order valence-corrected chi connectivity index (χ4v) is 6.88. The third-order valence-electron chi connectivity index (χ3n) is 7.04. The number of thiophene rings is 1. The third-order valence-corrected chi connectivity index (χ3v) is 7.91. The number of carbonyl (C=O) groups is 1. The van der Waals surface area contributed by atoms with Gasteiger partial charge in [0.05, 0.1) is 10.4 Å². The Kier molecular flexibility index (Phi) is 3.50. The molecule has 3 aromatic rings. The first-order valence-corrected chi connectivity index (χ1v) is 11.0. The van der Waals surface area contributed by atoms with Crippen LogP contribution in [0.25, 0.3) is 21.9 Å². The number of carbonyl (C=O) groups excluding carboxylic acids is 1. The quantitative estimate of drug-likeness (QED) is 0.636. The molecule has 0 saturated heterocycles. The van der Waals surface area contributed by atoms with Crippen LogP contribution < -0.4 is 11.1 Å². The lowest BCUT2D eigenvalue weighted by molar-refractivity contribution is -0.0301. The van der Waals surface area contributed by atoms with E-state index in [4.69, 9.17) is 5.73 Å². The zero-order chi connectivity index (χ0) is 18.9. The van der Waals surface area contributed by atoms with E-state index in [-0.39, 0.29) is 17.5 Å². The van der Waals surface area contributed by atoms with Crippen molar-refractivity contribution in [3.63, 3.8) is 0 Å². The van der Waals surface area contributed by atoms with Gasteiger partial charge in [-0.15, -0.1) is 11.3 Å². The molecule has 0 aromatic carbocycles. The number of nitrogens with two attached hydrogens (primary N) is 1. The maximum atomic E-state index is 13.2. The molecule has 4 bridgehead atoms. The maximum Gasteiger partial charge on any atom is 0.253 e. The number of hydrogen-bond acceptors (Lipinski definition) is 5. The van der Waals surface area contributed by atoms with Gasteiger partial charge in [0.1, 0.15) is 11.3 Å². The first kappa shape index (κ1) is 16.7. The van der Waals surface area contributed by atoms with E-state index in [2.05, 4.69) is 20.3 Å². The van der Waals surface area contributed by atoms with Gasteiger partial charge in [0.2, 0.25) is 0 Å². The smallest absolute Gasteiger partial charge is 0.253 e. The van der Waals surface area contributed by atoms with Crippen LogP contribution in [0.4, 0.5) is 0 Å². The zero-order valence-corrected chi connectivity index (χ0v) is 16.3. The molecule has 28 heavy (non-hydrogen) atoms. The van der Waals surface area contributed by atoms with Crippen molar-refractivity contribution in [2.45, 2.75) is 43.7 Å². The molecule has 0 radical (unpaired) electrons. The molecule has 4 aliphatic rings. The second-order valence-corrected chi connectivity index (χ2v) is 9.86. The standard InChI is InChI=1S/C21H23N5OS/c22-21-9-11-6-12(10-21)8-13(7-11)17(21)25-20(27)14-3-4-23-19-16(14)24-18(26-19)15-2-1-5-28-15/h1-5,11-13,17H,6-10,22H2,(H,25,27)(H,23,24,26). The molecule has 4 saturated carbocycles. The maximum absolute atomic E-state index is 13.2. The molecule has 144 valence electrons. The number of hydrogen-bond donors (Lipinski definition) is 3. The van der Waals surface area contributed by atoms with E-state index in [0.29, 0.717) is 22.6 Å². The first-order valence-electron chi connectivity index (χ1n) is 10.1. The Balaban J connectivity index is 1.33. The molecule has 7 rings (SSSR count). The van der Waals surface area contributed by atoms with Crippen molar-refractivity contribution < 1.29 is 4.79 Å². The minimum Gasteiger partial charge on any atom is -0.347 e. The number of nitrogens with one attached hydrogen (secondary N) is 2. The molecule has 6 nitrogen and oxygen atoms in total. The van der Waals surface area contributed by atoms with Gasteiger partial charge in [0.15, 0.2) is 5.65 Å². The van der Waals surface area contributed by atoms with Crippen LogP contribution in [-0.4, -0.2) is 32.4 Å². The molecule has 0 spiro atoms. The largest absolute Gasteiger partial charge is 0.347 e. The highest BCUT2D eigenvalue weighted by molar-refractivity contribution is 7.13. The molecule has 0 aliphatic heterocycles. The van der Waals surface area contributed by atoms with Gasteiger partial charge in [0.25, 0.3) is 5.91 Å². The third kappa shape index (κ3) is 2.46. The van der Waals surface area contributed by atoms with Gasteiger partial charge in [-0.2, -0.15) is 0 Å². The van der Waals surface area contributed by atoms with Gasteiger partial charge in [-0.25, -0.2) is 9.97 Å². The van der Waals surface area contributed by atoms with Crippen molar-refractivity contribution in [2.75, 3.05) is 0 Å². The van der Waals surface area contributed by atoms with Gasteiger partial charge in [0, 0.05) is 17.8 Å². The molecular formula is C21H23N5OS. The fourth-order valence-electron chi connectivity index (χ4n) is 6.21. The van der Waals surface area contributed by atoms with Crippen LogP contribution in [0.15, 0.2) is 29.8 Å². The van der Waals surface area contributed by atoms with E-state index in [0.717, 1.165) is 35.4 Å². The number of aromatic nitrogens is 3. The molecule has 3 heterocycles. The van der Waals surface area contributed by atoms with Crippen LogP contribution in [0.1, 0.15) is 42.5 Å². The fraction of sp³-hybridized carbons (Fsp3) is 0.476. The van der Waals surface area contributed by atoms with Crippen molar-refractivity contribution in [2.24, 2.45) is 23.5 Å². The number of nitrogens with zero attached hydrogens (tertiary/aromatic N) is 2. The van der Waals surface area contributed by atoms with E-state index in [1.807, 2.05) is 17.5 Å². The van der Waals surface area contributed by atoms with Crippen molar-refractivity contribution in [3.8, 4) is 10.7 Å². The second kappa shape index (κ2) is 5.87. The van der Waals surface area contributed by atoms with E-state index in [1.54, 1.807) is 23.6 Å². The van der Waals surface area contributed by atoms with Crippen molar-refractivity contribution in [1.82, 2.24) is 20.3 Å². The van der Waals surface area contributed by atoms with Crippen molar-refractivity contribution >= 4 is 28.4 Å². The molecule has 4 aliphatic carbocycles. The molecule has 1 amide bonds. The van der Waals surface area contributed by atoms with Gasteiger partial charge in [-0.3, -0.25) is 4.79 Å². The highest BCUT2D eigenvalue weighted by Gasteiger charge is 2.55. The van der Waals surface area contributed by atoms with Crippen LogP contribution in [0.5, 0.6) is 0 Å². The minimum atomic E-state index is -0.246. The summed E-state index contributed by atoms with van der Waals surface area (Å²) < 4.78 is 0. The average molecular weight is 394 g/mol. The normalized spacial score (nSPS) is 33.5. The molecule has 4 fully saturated rings. The monoisotopic (exact) mass is 393 g/mol. The van der Waals surface area contributed by atoms with E-state index in [9.17, 15) is 4.79 Å². The summed E-state index contributed by atoms with van der Waals surface area (Å²) in [5.41, 5.74) is 8.42. The number of fused-ring (bicyclic) bond motifs is 1. The molecule has 3 unspecified atom stereocenters. The zero-order valence-electron chi connectivity index (χ0n) is 15.5. The lowest BCUT2D eigenvalue weighted by Crippen LogP contribution is -2.70. The molecule has 7 heteroatoms. The van der Waals surface area contributed by atoms with Crippen molar-refractivity contribution in [3.05, 3.63) is 35.3 Å². The summed E-state index contributed by atoms with van der Waals surface area (Å²) in [4.78, 5) is 26.6. The van der Waals surface area contributed by atoms with Crippen LogP contribution in [0, 0.1) is 17.8 Å². The lowest BCUT2D eigenvalue weighted by atomic mass is 9.51. The number of imidazole rings is 1. The van der Waals surface area contributed by atoms with E-state index < -0.39 is 0 Å². The van der Waals surface area contributed by atoms with Gasteiger partial charge in [-0.1, -0.05) is 6.07 Å². The molecule has 3 aromatic heterocycles. The van der Waals surface area contributed by atoms with Crippen LogP contribution >= 0.6 is 11.3 Å². The van der Waals surface area contributed by atoms with Crippen LogP contribution in [0.2, 0.25) is 0 Å². The number of aromatic amines is 1. The van der Waals surface area contributed by atoms with E-state index in [1.165, 1.54) is 19.3 Å².